The maximum absolute atomic E-state index is 12.1. The van der Waals surface area contributed by atoms with Crippen LogP contribution in [0.5, 0.6) is 0 Å². The van der Waals surface area contributed by atoms with Gasteiger partial charge in [-0.1, -0.05) is 17.7 Å². The van der Waals surface area contributed by atoms with E-state index in [4.69, 9.17) is 16.3 Å². The predicted octanol–water partition coefficient (Wildman–Crippen LogP) is 2.08. The Hall–Kier alpha value is -1.39. The van der Waals surface area contributed by atoms with Gasteiger partial charge in [-0.25, -0.2) is 5.01 Å². The van der Waals surface area contributed by atoms with Crippen LogP contribution in [0.4, 0.5) is 5.69 Å². The van der Waals surface area contributed by atoms with Gasteiger partial charge in [-0.05, 0) is 18.2 Å². The summed E-state index contributed by atoms with van der Waals surface area (Å²) in [5, 5.41) is 6.39. The fourth-order valence-corrected chi connectivity index (χ4v) is 2.28. The van der Waals surface area contributed by atoms with Gasteiger partial charge in [0, 0.05) is 11.4 Å². The number of benzene rings is 1. The monoisotopic (exact) mass is 250 g/mol. The fraction of sp³-hybridized carbons (Fsp3) is 0.333. The van der Waals surface area contributed by atoms with Crippen LogP contribution in [0.3, 0.4) is 0 Å². The van der Waals surface area contributed by atoms with Crippen molar-refractivity contribution in [1.82, 2.24) is 0 Å². The van der Waals surface area contributed by atoms with E-state index < -0.39 is 0 Å². The number of rotatable bonds is 1. The molecule has 0 N–H and O–H groups in total. The van der Waals surface area contributed by atoms with Crippen molar-refractivity contribution >= 4 is 28.9 Å². The number of nitrogens with zero attached hydrogens (tertiary/aromatic N) is 2. The van der Waals surface area contributed by atoms with E-state index in [-0.39, 0.29) is 11.8 Å². The van der Waals surface area contributed by atoms with Gasteiger partial charge in [-0.3, -0.25) is 4.79 Å². The van der Waals surface area contributed by atoms with Crippen molar-refractivity contribution < 1.29 is 9.53 Å². The van der Waals surface area contributed by atoms with E-state index in [1.165, 1.54) is 5.01 Å². The topological polar surface area (TPSA) is 41.9 Å². The number of carbonyl (C=O) groups excluding carboxylic acids is 1. The number of fused-ring (bicyclic) bond motifs is 1. The molecule has 2 aliphatic rings. The Labute approximate surface area is 104 Å². The predicted molar refractivity (Wildman–Crippen MR) is 65.3 cm³/mol. The molecule has 5 heteroatoms. The summed E-state index contributed by atoms with van der Waals surface area (Å²) in [7, 11) is 0. The molecule has 17 heavy (non-hydrogen) atoms. The number of hydrogen-bond donors (Lipinski definition) is 0. The van der Waals surface area contributed by atoms with Gasteiger partial charge in [0.15, 0.2) is 0 Å². The number of amides is 1. The minimum absolute atomic E-state index is 0.0260. The summed E-state index contributed by atoms with van der Waals surface area (Å²) in [6, 6.07) is 7.15. The van der Waals surface area contributed by atoms with Crippen LogP contribution in [-0.4, -0.2) is 24.8 Å². The van der Waals surface area contributed by atoms with E-state index in [9.17, 15) is 4.79 Å². The molecule has 0 bridgehead atoms. The van der Waals surface area contributed by atoms with E-state index in [1.807, 2.05) is 12.1 Å². The van der Waals surface area contributed by atoms with Gasteiger partial charge in [0.05, 0.1) is 24.6 Å². The standard InChI is InChI=1S/C12H11ClN2O2/c13-8-2-1-3-9(6-8)15-12(16)10-7-17-5-4-11(10)14-15/h1-3,6,10H,4-5,7H2. The van der Waals surface area contributed by atoms with Gasteiger partial charge >= 0.3 is 0 Å². The maximum atomic E-state index is 12.1. The number of anilines is 1. The van der Waals surface area contributed by atoms with Gasteiger partial charge in [0.2, 0.25) is 0 Å². The Morgan fingerprint density at radius 1 is 1.47 bits per heavy atom. The lowest BCUT2D eigenvalue weighted by molar-refractivity contribution is -0.121. The molecule has 0 aliphatic carbocycles. The SMILES string of the molecule is O=C1C2COCCC2=NN1c1cccc(Cl)c1. The number of hydrogen-bond acceptors (Lipinski definition) is 3. The zero-order valence-electron chi connectivity index (χ0n) is 9.10. The lowest BCUT2D eigenvalue weighted by Gasteiger charge is -2.17. The summed E-state index contributed by atoms with van der Waals surface area (Å²) >= 11 is 5.91. The van der Waals surface area contributed by atoms with Crippen LogP contribution in [0.15, 0.2) is 29.4 Å². The Morgan fingerprint density at radius 2 is 2.35 bits per heavy atom. The molecule has 88 valence electrons. The maximum Gasteiger partial charge on any atom is 0.258 e. The molecule has 1 saturated heterocycles. The average Bonchev–Trinajstić information content (AvgIpc) is 2.68. The summed E-state index contributed by atoms with van der Waals surface area (Å²) in [5.41, 5.74) is 1.63. The van der Waals surface area contributed by atoms with Crippen molar-refractivity contribution in [3.63, 3.8) is 0 Å². The first-order valence-corrected chi connectivity index (χ1v) is 5.88. The molecule has 1 amide bonds. The number of halogens is 1. The Kier molecular flexibility index (Phi) is 2.61. The van der Waals surface area contributed by atoms with Crippen LogP contribution < -0.4 is 5.01 Å². The third-order valence-electron chi connectivity index (χ3n) is 2.98. The molecule has 0 spiro atoms. The molecule has 1 fully saturated rings. The molecule has 0 aromatic heterocycles. The van der Waals surface area contributed by atoms with Gasteiger partial charge in [0.25, 0.3) is 5.91 Å². The highest BCUT2D eigenvalue weighted by Gasteiger charge is 2.38. The van der Waals surface area contributed by atoms with Crippen molar-refractivity contribution in [3.05, 3.63) is 29.3 Å². The largest absolute Gasteiger partial charge is 0.380 e. The first-order valence-electron chi connectivity index (χ1n) is 5.50. The van der Waals surface area contributed by atoms with Crippen molar-refractivity contribution in [2.24, 2.45) is 11.0 Å². The molecule has 1 aromatic carbocycles. The second-order valence-electron chi connectivity index (χ2n) is 4.10. The zero-order chi connectivity index (χ0) is 11.8. The summed E-state index contributed by atoms with van der Waals surface area (Å²) in [5.74, 6) is -0.232. The van der Waals surface area contributed by atoms with E-state index in [2.05, 4.69) is 5.10 Å². The number of ether oxygens (including phenoxy) is 1. The lowest BCUT2D eigenvalue weighted by atomic mass is 10.0. The van der Waals surface area contributed by atoms with Crippen molar-refractivity contribution in [1.29, 1.82) is 0 Å². The second-order valence-corrected chi connectivity index (χ2v) is 4.54. The highest BCUT2D eigenvalue weighted by atomic mass is 35.5. The highest BCUT2D eigenvalue weighted by molar-refractivity contribution is 6.31. The van der Waals surface area contributed by atoms with E-state index in [1.54, 1.807) is 12.1 Å². The van der Waals surface area contributed by atoms with E-state index in [0.717, 1.165) is 12.1 Å². The van der Waals surface area contributed by atoms with Crippen LogP contribution in [0.1, 0.15) is 6.42 Å². The van der Waals surface area contributed by atoms with Crippen LogP contribution in [-0.2, 0) is 9.53 Å². The van der Waals surface area contributed by atoms with Crippen molar-refractivity contribution in [2.75, 3.05) is 18.2 Å². The average molecular weight is 251 g/mol. The Bertz CT molecular complexity index is 501. The molecule has 4 nitrogen and oxygen atoms in total. The minimum Gasteiger partial charge on any atom is -0.380 e. The first kappa shape index (κ1) is 10.7. The molecule has 3 rings (SSSR count). The fourth-order valence-electron chi connectivity index (χ4n) is 2.10. The van der Waals surface area contributed by atoms with E-state index >= 15 is 0 Å². The molecule has 0 radical (unpaired) electrons. The molecular weight excluding hydrogens is 240 g/mol. The van der Waals surface area contributed by atoms with Gasteiger partial charge < -0.3 is 4.74 Å². The summed E-state index contributed by atoms with van der Waals surface area (Å²) in [4.78, 5) is 12.1. The Balaban J connectivity index is 1.94. The zero-order valence-corrected chi connectivity index (χ0v) is 9.85. The van der Waals surface area contributed by atoms with Crippen LogP contribution in [0.2, 0.25) is 5.02 Å². The number of hydrazone groups is 1. The molecular formula is C12H11ClN2O2. The molecule has 2 aliphatic heterocycles. The van der Waals surface area contributed by atoms with Crippen LogP contribution in [0, 0.1) is 5.92 Å². The van der Waals surface area contributed by atoms with Crippen LogP contribution in [0.25, 0.3) is 0 Å². The quantitative estimate of drug-likeness (QED) is 0.766. The smallest absolute Gasteiger partial charge is 0.258 e. The molecule has 1 unspecified atom stereocenters. The summed E-state index contributed by atoms with van der Waals surface area (Å²) in [6.07, 6.45) is 0.730. The third kappa shape index (κ3) is 1.83. The molecule has 2 heterocycles. The molecule has 1 atom stereocenters. The van der Waals surface area contributed by atoms with Crippen LogP contribution >= 0.6 is 11.6 Å². The normalized spacial score (nSPS) is 23.6. The molecule has 1 aromatic rings. The van der Waals surface area contributed by atoms with Crippen molar-refractivity contribution in [2.45, 2.75) is 6.42 Å². The number of carbonyl (C=O) groups is 1. The summed E-state index contributed by atoms with van der Waals surface area (Å²) in [6.45, 7) is 1.08. The van der Waals surface area contributed by atoms with Gasteiger partial charge in [0.1, 0.15) is 5.92 Å². The van der Waals surface area contributed by atoms with Gasteiger partial charge in [-0.15, -0.1) is 0 Å². The Morgan fingerprint density at radius 3 is 3.12 bits per heavy atom. The van der Waals surface area contributed by atoms with Gasteiger partial charge in [-0.2, -0.15) is 5.10 Å². The third-order valence-corrected chi connectivity index (χ3v) is 3.21. The minimum atomic E-state index is -0.206. The van der Waals surface area contributed by atoms with E-state index in [0.29, 0.717) is 23.9 Å². The van der Waals surface area contributed by atoms with Crippen molar-refractivity contribution in [3.8, 4) is 0 Å². The molecule has 0 saturated carbocycles. The second kappa shape index (κ2) is 4.13. The summed E-state index contributed by atoms with van der Waals surface area (Å²) < 4.78 is 5.31. The highest BCUT2D eigenvalue weighted by Crippen LogP contribution is 2.28. The lowest BCUT2D eigenvalue weighted by Crippen LogP contribution is -2.33. The first-order chi connectivity index (χ1) is 8.25.